The van der Waals surface area contributed by atoms with Crippen molar-refractivity contribution in [2.24, 2.45) is 5.92 Å². The minimum atomic E-state index is -0.581. The topological polar surface area (TPSA) is 72.0 Å². The van der Waals surface area contributed by atoms with Crippen molar-refractivity contribution >= 4 is 18.0 Å². The molecule has 2 amide bonds. The summed E-state index contributed by atoms with van der Waals surface area (Å²) in [5.74, 6) is 0.807. The van der Waals surface area contributed by atoms with Crippen LogP contribution in [0.5, 0.6) is 0 Å². The summed E-state index contributed by atoms with van der Waals surface area (Å²) in [5.41, 5.74) is -0.170. The molecule has 1 saturated heterocycles. The molecule has 1 fully saturated rings. The predicted octanol–water partition coefficient (Wildman–Crippen LogP) is 5.94. The molecule has 1 unspecified atom stereocenters. The van der Waals surface area contributed by atoms with Crippen molar-refractivity contribution in [3.05, 3.63) is 23.9 Å². The van der Waals surface area contributed by atoms with Crippen LogP contribution in [0.1, 0.15) is 86.3 Å². The highest BCUT2D eigenvalue weighted by Gasteiger charge is 2.32. The minimum absolute atomic E-state index is 0.0785. The van der Waals surface area contributed by atoms with Crippen LogP contribution in [0.25, 0.3) is 0 Å². The minimum Gasteiger partial charge on any atom is -0.444 e. The summed E-state index contributed by atoms with van der Waals surface area (Å²) in [4.78, 5) is 33.4. The van der Waals surface area contributed by atoms with E-state index in [0.717, 1.165) is 24.8 Å². The van der Waals surface area contributed by atoms with Crippen molar-refractivity contribution in [3.8, 4) is 0 Å². The van der Waals surface area contributed by atoms with E-state index in [1.54, 1.807) is 16.0 Å². The van der Waals surface area contributed by atoms with Crippen molar-refractivity contribution in [2.45, 2.75) is 91.9 Å². The lowest BCUT2D eigenvalue weighted by Crippen LogP contribution is -2.42. The monoisotopic (exact) mass is 433 g/mol. The maximum atomic E-state index is 12.7. The summed E-state index contributed by atoms with van der Waals surface area (Å²) in [6.45, 7) is 16.4. The van der Waals surface area contributed by atoms with Gasteiger partial charge in [0.25, 0.3) is 0 Å². The predicted molar refractivity (Wildman–Crippen MR) is 122 cm³/mol. The molecular formula is C24H39N3O4. The molecule has 2 rings (SSSR count). The first-order valence-electron chi connectivity index (χ1n) is 11.2. The number of piperidine rings is 1. The fraction of sp³-hybridized carbons (Fsp3) is 0.708. The number of hydrogen-bond donors (Lipinski definition) is 0. The van der Waals surface area contributed by atoms with Gasteiger partial charge in [-0.1, -0.05) is 19.9 Å². The Kier molecular flexibility index (Phi) is 7.95. The highest BCUT2D eigenvalue weighted by Crippen LogP contribution is 2.32. The van der Waals surface area contributed by atoms with Crippen LogP contribution in [0.4, 0.5) is 15.4 Å². The Morgan fingerprint density at radius 2 is 1.74 bits per heavy atom. The lowest BCUT2D eigenvalue weighted by molar-refractivity contribution is 0.00947. The number of pyridine rings is 1. The van der Waals surface area contributed by atoms with Gasteiger partial charge in [0.2, 0.25) is 0 Å². The standard InChI is InChI=1S/C24H39N3O4/c1-17(2)16-27(22(29)31-24(6,7)8)20-13-12-18(15-25-20)19-11-9-10-14-26(19)21(28)30-23(3,4)5/h12-13,15,17,19H,9-11,14,16H2,1-8H3. The van der Waals surface area contributed by atoms with Crippen molar-refractivity contribution in [1.82, 2.24) is 9.88 Å². The molecule has 7 heteroatoms. The molecule has 1 aromatic heterocycles. The van der Waals surface area contributed by atoms with Crippen LogP contribution in [0.3, 0.4) is 0 Å². The zero-order valence-corrected chi connectivity index (χ0v) is 20.4. The Hall–Kier alpha value is -2.31. The van der Waals surface area contributed by atoms with E-state index in [0.29, 0.717) is 18.9 Å². The van der Waals surface area contributed by atoms with Crippen LogP contribution in [-0.2, 0) is 9.47 Å². The normalized spacial score (nSPS) is 17.5. The first-order chi connectivity index (χ1) is 14.3. The molecule has 1 aliphatic heterocycles. The van der Waals surface area contributed by atoms with Gasteiger partial charge in [-0.2, -0.15) is 0 Å². The summed E-state index contributed by atoms with van der Waals surface area (Å²) in [6, 6.07) is 3.71. The van der Waals surface area contributed by atoms with Gasteiger partial charge in [-0.25, -0.2) is 14.6 Å². The number of hydrogen-bond acceptors (Lipinski definition) is 5. The smallest absolute Gasteiger partial charge is 0.416 e. The molecule has 1 aliphatic rings. The Balaban J connectivity index is 2.24. The number of likely N-dealkylation sites (tertiary alicyclic amines) is 1. The first kappa shape index (κ1) is 25.0. The fourth-order valence-electron chi connectivity index (χ4n) is 3.52. The Labute approximate surface area is 187 Å². The van der Waals surface area contributed by atoms with E-state index in [2.05, 4.69) is 4.98 Å². The van der Waals surface area contributed by atoms with E-state index in [1.165, 1.54) is 0 Å². The molecule has 0 spiro atoms. The molecule has 31 heavy (non-hydrogen) atoms. The second kappa shape index (κ2) is 9.88. The summed E-state index contributed by atoms with van der Waals surface area (Å²) < 4.78 is 11.2. The molecule has 1 aromatic rings. The number of carbonyl (C=O) groups excluding carboxylic acids is 2. The first-order valence-corrected chi connectivity index (χ1v) is 11.2. The van der Waals surface area contributed by atoms with E-state index < -0.39 is 17.3 Å². The third-order valence-corrected chi connectivity index (χ3v) is 4.72. The average Bonchev–Trinajstić information content (AvgIpc) is 2.63. The van der Waals surface area contributed by atoms with Gasteiger partial charge in [0, 0.05) is 19.3 Å². The molecule has 0 bridgehead atoms. The van der Waals surface area contributed by atoms with Gasteiger partial charge < -0.3 is 14.4 Å². The van der Waals surface area contributed by atoms with E-state index in [1.807, 2.05) is 67.5 Å². The van der Waals surface area contributed by atoms with Crippen LogP contribution < -0.4 is 4.90 Å². The van der Waals surface area contributed by atoms with Crippen LogP contribution in [0.15, 0.2) is 18.3 Å². The van der Waals surface area contributed by atoms with Gasteiger partial charge in [0.05, 0.1) is 6.04 Å². The van der Waals surface area contributed by atoms with E-state index in [9.17, 15) is 9.59 Å². The summed E-state index contributed by atoms with van der Waals surface area (Å²) in [5, 5.41) is 0. The van der Waals surface area contributed by atoms with Crippen LogP contribution in [0, 0.1) is 5.92 Å². The maximum Gasteiger partial charge on any atom is 0.416 e. The highest BCUT2D eigenvalue weighted by molar-refractivity contribution is 5.86. The third kappa shape index (κ3) is 7.71. The van der Waals surface area contributed by atoms with Gasteiger partial charge >= 0.3 is 12.2 Å². The molecule has 174 valence electrons. The van der Waals surface area contributed by atoms with Crippen LogP contribution in [-0.4, -0.2) is 46.4 Å². The summed E-state index contributed by atoms with van der Waals surface area (Å²) in [7, 11) is 0. The zero-order valence-electron chi connectivity index (χ0n) is 20.4. The second-order valence-corrected chi connectivity index (χ2v) is 10.6. The van der Waals surface area contributed by atoms with E-state index in [4.69, 9.17) is 9.47 Å². The van der Waals surface area contributed by atoms with Gasteiger partial charge in [0.15, 0.2) is 0 Å². The number of carbonyl (C=O) groups is 2. The molecule has 0 aliphatic carbocycles. The number of ether oxygens (including phenoxy) is 2. The largest absolute Gasteiger partial charge is 0.444 e. The summed E-state index contributed by atoms with van der Waals surface area (Å²) in [6.07, 6.45) is 3.93. The van der Waals surface area contributed by atoms with Crippen LogP contribution >= 0.6 is 0 Å². The van der Waals surface area contributed by atoms with Crippen molar-refractivity contribution in [1.29, 1.82) is 0 Å². The van der Waals surface area contributed by atoms with Gasteiger partial charge in [-0.15, -0.1) is 0 Å². The lowest BCUT2D eigenvalue weighted by atomic mass is 9.97. The number of rotatable bonds is 4. The molecule has 0 radical (unpaired) electrons. The quantitative estimate of drug-likeness (QED) is 0.587. The fourth-order valence-corrected chi connectivity index (χ4v) is 3.52. The molecule has 2 heterocycles. The van der Waals surface area contributed by atoms with Gasteiger partial charge in [-0.05, 0) is 78.4 Å². The SMILES string of the molecule is CC(C)CN(C(=O)OC(C)(C)C)c1ccc(C2CCCCN2C(=O)OC(C)(C)C)cn1. The van der Waals surface area contributed by atoms with Crippen molar-refractivity contribution in [2.75, 3.05) is 18.0 Å². The second-order valence-electron chi connectivity index (χ2n) is 10.6. The third-order valence-electron chi connectivity index (χ3n) is 4.72. The zero-order chi connectivity index (χ0) is 23.4. The molecule has 0 saturated carbocycles. The number of amides is 2. The molecular weight excluding hydrogens is 394 g/mol. The van der Waals surface area contributed by atoms with E-state index in [-0.39, 0.29) is 18.1 Å². The van der Waals surface area contributed by atoms with Crippen molar-refractivity contribution in [3.63, 3.8) is 0 Å². The molecule has 0 aromatic carbocycles. The van der Waals surface area contributed by atoms with E-state index >= 15 is 0 Å². The lowest BCUT2D eigenvalue weighted by Gasteiger charge is -2.37. The number of anilines is 1. The molecule has 7 nitrogen and oxygen atoms in total. The van der Waals surface area contributed by atoms with Crippen molar-refractivity contribution < 1.29 is 19.1 Å². The Morgan fingerprint density at radius 3 is 2.26 bits per heavy atom. The Bertz CT molecular complexity index is 748. The van der Waals surface area contributed by atoms with Gasteiger partial charge in [-0.3, -0.25) is 4.90 Å². The Morgan fingerprint density at radius 1 is 1.10 bits per heavy atom. The molecule has 1 atom stereocenters. The highest BCUT2D eigenvalue weighted by atomic mass is 16.6. The van der Waals surface area contributed by atoms with Gasteiger partial charge in [0.1, 0.15) is 17.0 Å². The maximum absolute atomic E-state index is 12.7. The molecule has 0 N–H and O–H groups in total. The number of aromatic nitrogens is 1. The average molecular weight is 434 g/mol. The summed E-state index contributed by atoms with van der Waals surface area (Å²) >= 11 is 0. The number of nitrogens with zero attached hydrogens (tertiary/aromatic N) is 3. The van der Waals surface area contributed by atoms with Crippen LogP contribution in [0.2, 0.25) is 0 Å².